The Bertz CT molecular complexity index is 392. The van der Waals surface area contributed by atoms with Crippen LogP contribution in [0, 0.1) is 0 Å². The molecule has 0 amide bonds. The molecular weight excluding hydrogens is 190 g/mol. The lowest BCUT2D eigenvalue weighted by atomic mass is 10.3. The van der Waals surface area contributed by atoms with Crippen LogP contribution < -0.4 is 10.1 Å². The van der Waals surface area contributed by atoms with Gasteiger partial charge in [0.05, 0.1) is 19.6 Å². The van der Waals surface area contributed by atoms with Gasteiger partial charge in [0.1, 0.15) is 5.75 Å². The van der Waals surface area contributed by atoms with Crippen LogP contribution >= 0.6 is 0 Å². The molecule has 3 heteroatoms. The molecule has 1 N–H and O–H groups in total. The van der Waals surface area contributed by atoms with E-state index in [9.17, 15) is 0 Å². The molecule has 0 unspecified atom stereocenters. The minimum Gasteiger partial charge on any atom is -0.497 e. The van der Waals surface area contributed by atoms with Crippen LogP contribution in [0.4, 0.5) is 5.69 Å². The lowest BCUT2D eigenvalue weighted by Crippen LogP contribution is -1.97. The van der Waals surface area contributed by atoms with Crippen LogP contribution in [0.5, 0.6) is 5.75 Å². The van der Waals surface area contributed by atoms with E-state index in [1.54, 1.807) is 19.6 Å². The number of ether oxygens (including phenoxy) is 1. The number of benzene rings is 1. The molecule has 0 aliphatic carbocycles. The molecule has 2 rings (SSSR count). The van der Waals surface area contributed by atoms with Gasteiger partial charge in [0.15, 0.2) is 0 Å². The third kappa shape index (κ3) is 2.53. The molecule has 2 aromatic rings. The van der Waals surface area contributed by atoms with Crippen molar-refractivity contribution in [1.29, 1.82) is 0 Å². The smallest absolute Gasteiger partial charge is 0.119 e. The average molecular weight is 203 g/mol. The van der Waals surface area contributed by atoms with Crippen molar-refractivity contribution in [2.24, 2.45) is 0 Å². The molecule has 0 spiro atoms. The van der Waals surface area contributed by atoms with Crippen molar-refractivity contribution in [3.63, 3.8) is 0 Å². The van der Waals surface area contributed by atoms with E-state index in [1.165, 1.54) is 0 Å². The molecule has 0 aliphatic heterocycles. The minimum absolute atomic E-state index is 0.767. The number of furan rings is 1. The molecule has 0 atom stereocenters. The summed E-state index contributed by atoms with van der Waals surface area (Å²) in [7, 11) is 1.66. The fourth-order valence-electron chi connectivity index (χ4n) is 1.31. The molecule has 3 nitrogen and oxygen atoms in total. The molecule has 0 bridgehead atoms. The monoisotopic (exact) mass is 203 g/mol. The molecule has 1 heterocycles. The Morgan fingerprint density at radius 3 is 2.60 bits per heavy atom. The second kappa shape index (κ2) is 4.55. The van der Waals surface area contributed by atoms with Gasteiger partial charge in [-0.1, -0.05) is 0 Å². The number of hydrogen-bond acceptors (Lipinski definition) is 3. The maximum absolute atomic E-state index is 5.08. The Balaban J connectivity index is 1.93. The van der Waals surface area contributed by atoms with Gasteiger partial charge in [-0.2, -0.15) is 0 Å². The van der Waals surface area contributed by atoms with Crippen LogP contribution in [0.15, 0.2) is 47.3 Å². The van der Waals surface area contributed by atoms with E-state index in [4.69, 9.17) is 9.15 Å². The number of methoxy groups -OCH3 is 1. The predicted molar refractivity (Wildman–Crippen MR) is 59.0 cm³/mol. The molecule has 0 saturated heterocycles. The van der Waals surface area contributed by atoms with E-state index in [2.05, 4.69) is 5.32 Å². The summed E-state index contributed by atoms with van der Waals surface area (Å²) in [5.74, 6) is 0.865. The van der Waals surface area contributed by atoms with Crippen LogP contribution in [-0.2, 0) is 6.54 Å². The van der Waals surface area contributed by atoms with Gasteiger partial charge in [0, 0.05) is 17.8 Å². The summed E-state index contributed by atoms with van der Waals surface area (Å²) in [5.41, 5.74) is 2.20. The first-order valence-electron chi connectivity index (χ1n) is 4.77. The van der Waals surface area contributed by atoms with Gasteiger partial charge in [0.2, 0.25) is 0 Å². The Morgan fingerprint density at radius 2 is 2.00 bits per heavy atom. The summed E-state index contributed by atoms with van der Waals surface area (Å²) in [5, 5.41) is 3.28. The van der Waals surface area contributed by atoms with Crippen molar-refractivity contribution in [3.05, 3.63) is 48.4 Å². The van der Waals surface area contributed by atoms with Crippen LogP contribution in [0.1, 0.15) is 5.56 Å². The third-order valence-electron chi connectivity index (χ3n) is 2.17. The van der Waals surface area contributed by atoms with E-state index in [1.807, 2.05) is 30.3 Å². The highest BCUT2D eigenvalue weighted by atomic mass is 16.5. The molecule has 0 fully saturated rings. The van der Waals surface area contributed by atoms with Crippen molar-refractivity contribution in [2.45, 2.75) is 6.54 Å². The van der Waals surface area contributed by atoms with Gasteiger partial charge in [-0.15, -0.1) is 0 Å². The summed E-state index contributed by atoms with van der Waals surface area (Å²) in [6.45, 7) is 0.767. The van der Waals surface area contributed by atoms with E-state index in [0.717, 1.165) is 23.5 Å². The van der Waals surface area contributed by atoms with E-state index >= 15 is 0 Å². The Kier molecular flexibility index (Phi) is 2.93. The Morgan fingerprint density at radius 1 is 1.20 bits per heavy atom. The topological polar surface area (TPSA) is 34.4 Å². The van der Waals surface area contributed by atoms with Crippen molar-refractivity contribution < 1.29 is 9.15 Å². The summed E-state index contributed by atoms with van der Waals surface area (Å²) < 4.78 is 10.1. The second-order valence-corrected chi connectivity index (χ2v) is 3.21. The van der Waals surface area contributed by atoms with Gasteiger partial charge >= 0.3 is 0 Å². The zero-order valence-corrected chi connectivity index (χ0v) is 8.57. The van der Waals surface area contributed by atoms with Gasteiger partial charge in [-0.05, 0) is 30.3 Å². The Labute approximate surface area is 88.7 Å². The Hall–Kier alpha value is -1.90. The summed E-state index contributed by atoms with van der Waals surface area (Å²) >= 11 is 0. The maximum atomic E-state index is 5.08. The fourth-order valence-corrected chi connectivity index (χ4v) is 1.31. The largest absolute Gasteiger partial charge is 0.497 e. The first kappa shape index (κ1) is 9.65. The van der Waals surface area contributed by atoms with E-state index in [-0.39, 0.29) is 0 Å². The molecular formula is C12H13NO2. The lowest BCUT2D eigenvalue weighted by molar-refractivity contribution is 0.415. The highest BCUT2D eigenvalue weighted by Gasteiger charge is 1.95. The summed E-state index contributed by atoms with van der Waals surface area (Å²) in [6.07, 6.45) is 3.40. The molecule has 78 valence electrons. The first-order chi connectivity index (χ1) is 7.38. The third-order valence-corrected chi connectivity index (χ3v) is 2.17. The molecule has 15 heavy (non-hydrogen) atoms. The normalized spacial score (nSPS) is 9.93. The minimum atomic E-state index is 0.767. The van der Waals surface area contributed by atoms with Crippen LogP contribution in [-0.4, -0.2) is 7.11 Å². The zero-order chi connectivity index (χ0) is 10.5. The van der Waals surface area contributed by atoms with Crippen molar-refractivity contribution in [3.8, 4) is 5.75 Å². The van der Waals surface area contributed by atoms with Gasteiger partial charge in [-0.25, -0.2) is 0 Å². The highest BCUT2D eigenvalue weighted by molar-refractivity contribution is 5.46. The average Bonchev–Trinajstić information content (AvgIpc) is 2.80. The molecule has 1 aromatic heterocycles. The first-order valence-corrected chi connectivity index (χ1v) is 4.77. The molecule has 1 aromatic carbocycles. The number of hydrogen-bond donors (Lipinski definition) is 1. The number of rotatable bonds is 4. The summed E-state index contributed by atoms with van der Waals surface area (Å²) in [4.78, 5) is 0. The quantitative estimate of drug-likeness (QED) is 0.829. The van der Waals surface area contributed by atoms with Gasteiger partial charge in [0.25, 0.3) is 0 Å². The van der Waals surface area contributed by atoms with Gasteiger partial charge < -0.3 is 14.5 Å². The number of anilines is 1. The van der Waals surface area contributed by atoms with Crippen LogP contribution in [0.25, 0.3) is 0 Å². The molecule has 0 radical (unpaired) electrons. The van der Waals surface area contributed by atoms with Crippen LogP contribution in [0.2, 0.25) is 0 Å². The zero-order valence-electron chi connectivity index (χ0n) is 8.57. The van der Waals surface area contributed by atoms with E-state index < -0.39 is 0 Å². The highest BCUT2D eigenvalue weighted by Crippen LogP contribution is 2.15. The second-order valence-electron chi connectivity index (χ2n) is 3.21. The lowest BCUT2D eigenvalue weighted by Gasteiger charge is -2.05. The predicted octanol–water partition coefficient (Wildman–Crippen LogP) is 2.90. The van der Waals surface area contributed by atoms with Gasteiger partial charge in [-0.3, -0.25) is 0 Å². The van der Waals surface area contributed by atoms with Crippen molar-refractivity contribution >= 4 is 5.69 Å². The summed E-state index contributed by atoms with van der Waals surface area (Å²) in [6, 6.07) is 9.77. The SMILES string of the molecule is COc1ccc(NCc2ccoc2)cc1. The molecule has 0 aliphatic rings. The van der Waals surface area contributed by atoms with Crippen molar-refractivity contribution in [1.82, 2.24) is 0 Å². The number of nitrogens with one attached hydrogen (secondary N) is 1. The fraction of sp³-hybridized carbons (Fsp3) is 0.167. The molecule has 0 saturated carbocycles. The van der Waals surface area contributed by atoms with Crippen molar-refractivity contribution in [2.75, 3.05) is 12.4 Å². The maximum Gasteiger partial charge on any atom is 0.119 e. The van der Waals surface area contributed by atoms with E-state index in [0.29, 0.717) is 0 Å². The van der Waals surface area contributed by atoms with Crippen LogP contribution in [0.3, 0.4) is 0 Å². The standard InChI is InChI=1S/C12H13NO2/c1-14-12-4-2-11(3-5-12)13-8-10-6-7-15-9-10/h2-7,9,13H,8H2,1H3.